The van der Waals surface area contributed by atoms with Gasteiger partial charge in [0, 0.05) is 30.6 Å². The number of nitrogens with one attached hydrogen (secondary N) is 1. The lowest BCUT2D eigenvalue weighted by Crippen LogP contribution is -2.49. The number of amides is 2. The molecule has 2 aromatic carbocycles. The molecule has 0 heterocycles. The molecule has 1 saturated carbocycles. The number of benzene rings is 2. The summed E-state index contributed by atoms with van der Waals surface area (Å²) in [6, 6.07) is 11.0. The minimum atomic E-state index is -3.58. The lowest BCUT2D eigenvalue weighted by atomic mass is 10.1. The molecule has 1 fully saturated rings. The molecule has 2 amide bonds. The van der Waals surface area contributed by atoms with Crippen molar-refractivity contribution in [2.24, 2.45) is 0 Å². The van der Waals surface area contributed by atoms with E-state index < -0.39 is 16.1 Å². The van der Waals surface area contributed by atoms with E-state index in [-0.39, 0.29) is 43.8 Å². The van der Waals surface area contributed by atoms with Crippen LogP contribution in [0, 0.1) is 0 Å². The highest BCUT2D eigenvalue weighted by molar-refractivity contribution is 7.92. The number of sulfonamides is 1. The molecule has 0 aliphatic heterocycles. The van der Waals surface area contributed by atoms with Crippen molar-refractivity contribution in [1.82, 2.24) is 10.2 Å². The molecular weight excluding hydrogens is 557 g/mol. The first-order valence-electron chi connectivity index (χ1n) is 12.2. The second kappa shape index (κ2) is 13.2. The predicted molar refractivity (Wildman–Crippen MR) is 150 cm³/mol. The number of halogens is 3. The monoisotopic (exact) mass is 587 g/mol. The first-order valence-corrected chi connectivity index (χ1v) is 15.2. The van der Waals surface area contributed by atoms with E-state index in [4.69, 9.17) is 34.8 Å². The van der Waals surface area contributed by atoms with Crippen molar-refractivity contribution >= 4 is 62.3 Å². The van der Waals surface area contributed by atoms with E-state index in [1.54, 1.807) is 49.4 Å². The molecule has 0 radical (unpaired) electrons. The van der Waals surface area contributed by atoms with Crippen LogP contribution in [0.4, 0.5) is 5.69 Å². The average molecular weight is 589 g/mol. The molecule has 0 unspecified atom stereocenters. The average Bonchev–Trinajstić information content (AvgIpc) is 3.35. The smallest absolute Gasteiger partial charge is 0.242 e. The summed E-state index contributed by atoms with van der Waals surface area (Å²) in [5.41, 5.74) is 1.21. The molecule has 37 heavy (non-hydrogen) atoms. The van der Waals surface area contributed by atoms with Crippen LogP contribution in [0.25, 0.3) is 0 Å². The maximum atomic E-state index is 13.4. The zero-order valence-electron chi connectivity index (χ0n) is 20.9. The Morgan fingerprint density at radius 3 is 2.27 bits per heavy atom. The SMILES string of the molecule is C[C@@H](C(=O)NC1CCCC1)N(Cc1ccc(Cl)c(Cl)c1)C(=O)CCCN(c1ccc(Cl)cc1)S(C)(=O)=O. The van der Waals surface area contributed by atoms with Gasteiger partial charge in [-0.1, -0.05) is 53.7 Å². The zero-order valence-corrected chi connectivity index (χ0v) is 24.0. The van der Waals surface area contributed by atoms with Crippen LogP contribution in [0.1, 0.15) is 51.0 Å². The predicted octanol–water partition coefficient (Wildman–Crippen LogP) is 5.67. The van der Waals surface area contributed by atoms with E-state index in [0.717, 1.165) is 37.5 Å². The molecule has 1 N–H and O–H groups in total. The van der Waals surface area contributed by atoms with E-state index in [1.165, 1.54) is 9.21 Å². The first kappa shape index (κ1) is 29.6. The van der Waals surface area contributed by atoms with Gasteiger partial charge in [0.2, 0.25) is 21.8 Å². The van der Waals surface area contributed by atoms with Gasteiger partial charge in [0.1, 0.15) is 6.04 Å². The van der Waals surface area contributed by atoms with Crippen LogP contribution in [0.15, 0.2) is 42.5 Å². The highest BCUT2D eigenvalue weighted by Crippen LogP contribution is 2.25. The number of hydrogen-bond acceptors (Lipinski definition) is 4. The molecule has 3 rings (SSSR count). The molecule has 0 saturated heterocycles. The third-order valence-corrected chi connectivity index (χ3v) is 8.66. The maximum absolute atomic E-state index is 13.4. The third-order valence-electron chi connectivity index (χ3n) is 6.47. The van der Waals surface area contributed by atoms with Crippen molar-refractivity contribution < 1.29 is 18.0 Å². The Labute approximate surface area is 234 Å². The number of carbonyl (C=O) groups excluding carboxylic acids is 2. The lowest BCUT2D eigenvalue weighted by molar-refractivity contribution is -0.141. The van der Waals surface area contributed by atoms with Crippen LogP contribution >= 0.6 is 34.8 Å². The lowest BCUT2D eigenvalue weighted by Gasteiger charge is -2.30. The minimum absolute atomic E-state index is 0.0575. The largest absolute Gasteiger partial charge is 0.352 e. The third kappa shape index (κ3) is 8.50. The topological polar surface area (TPSA) is 86.8 Å². The summed E-state index contributed by atoms with van der Waals surface area (Å²) in [7, 11) is -3.58. The first-order chi connectivity index (χ1) is 17.5. The summed E-state index contributed by atoms with van der Waals surface area (Å²) in [6.45, 7) is 1.98. The molecule has 2 aromatic rings. The van der Waals surface area contributed by atoms with Crippen LogP contribution in [0.5, 0.6) is 0 Å². The number of hydrogen-bond donors (Lipinski definition) is 1. The Balaban J connectivity index is 1.73. The van der Waals surface area contributed by atoms with Gasteiger partial charge in [-0.25, -0.2) is 8.42 Å². The van der Waals surface area contributed by atoms with Gasteiger partial charge >= 0.3 is 0 Å². The van der Waals surface area contributed by atoms with Crippen molar-refractivity contribution in [2.45, 2.75) is 64.1 Å². The standard InChI is InChI=1S/C26H32Cl3N3O4S/c1-18(26(34)30-21-6-3-4-7-21)31(17-19-9-14-23(28)24(29)16-19)25(33)8-5-15-32(37(2,35)36)22-12-10-20(27)11-13-22/h9-14,16,18,21H,3-8,15,17H2,1-2H3,(H,30,34)/t18-/m0/s1. The minimum Gasteiger partial charge on any atom is -0.352 e. The van der Waals surface area contributed by atoms with Crippen molar-refractivity contribution in [2.75, 3.05) is 17.1 Å². The quantitative estimate of drug-likeness (QED) is 0.367. The summed E-state index contributed by atoms with van der Waals surface area (Å²) in [5, 5.41) is 4.32. The van der Waals surface area contributed by atoms with Crippen molar-refractivity contribution in [3.63, 3.8) is 0 Å². The molecule has 1 aliphatic rings. The number of carbonyl (C=O) groups is 2. The molecule has 202 valence electrons. The van der Waals surface area contributed by atoms with Gasteiger partial charge < -0.3 is 10.2 Å². The molecule has 0 spiro atoms. The molecule has 0 aromatic heterocycles. The summed E-state index contributed by atoms with van der Waals surface area (Å²) < 4.78 is 26.1. The van der Waals surface area contributed by atoms with E-state index >= 15 is 0 Å². The van der Waals surface area contributed by atoms with Gasteiger partial charge in [0.05, 0.1) is 22.0 Å². The number of anilines is 1. The molecule has 11 heteroatoms. The van der Waals surface area contributed by atoms with Crippen LogP contribution in [-0.4, -0.2) is 50.0 Å². The second-order valence-corrected chi connectivity index (χ2v) is 12.5. The normalized spacial score (nSPS) is 14.8. The van der Waals surface area contributed by atoms with Gasteiger partial charge in [0.15, 0.2) is 0 Å². The molecule has 0 bridgehead atoms. The summed E-state index contributed by atoms with van der Waals surface area (Å²) in [5.74, 6) is -0.469. The van der Waals surface area contributed by atoms with Crippen molar-refractivity contribution in [1.29, 1.82) is 0 Å². The Bertz CT molecular complexity index is 1200. The van der Waals surface area contributed by atoms with E-state index in [1.807, 2.05) is 0 Å². The number of rotatable bonds is 11. The van der Waals surface area contributed by atoms with Gasteiger partial charge in [-0.3, -0.25) is 13.9 Å². The van der Waals surface area contributed by atoms with E-state index in [2.05, 4.69) is 5.32 Å². The molecule has 1 atom stereocenters. The van der Waals surface area contributed by atoms with Crippen LogP contribution in [-0.2, 0) is 26.2 Å². The second-order valence-electron chi connectivity index (χ2n) is 9.35. The Hall–Kier alpha value is -2.00. The van der Waals surface area contributed by atoms with Gasteiger partial charge in [-0.2, -0.15) is 0 Å². The van der Waals surface area contributed by atoms with Crippen molar-refractivity contribution in [3.05, 3.63) is 63.1 Å². The van der Waals surface area contributed by atoms with Crippen LogP contribution < -0.4 is 9.62 Å². The van der Waals surface area contributed by atoms with Crippen LogP contribution in [0.2, 0.25) is 15.1 Å². The highest BCUT2D eigenvalue weighted by atomic mass is 35.5. The van der Waals surface area contributed by atoms with Crippen molar-refractivity contribution in [3.8, 4) is 0 Å². The Kier molecular flexibility index (Phi) is 10.5. The summed E-state index contributed by atoms with van der Waals surface area (Å²) in [6.07, 6.45) is 5.47. The zero-order chi connectivity index (χ0) is 27.2. The van der Waals surface area contributed by atoms with Gasteiger partial charge in [-0.05, 0) is 68.1 Å². The fourth-order valence-electron chi connectivity index (χ4n) is 4.42. The number of nitrogens with zero attached hydrogens (tertiary/aromatic N) is 2. The molecule has 1 aliphatic carbocycles. The van der Waals surface area contributed by atoms with Crippen LogP contribution in [0.3, 0.4) is 0 Å². The van der Waals surface area contributed by atoms with Gasteiger partial charge in [-0.15, -0.1) is 0 Å². The molecule has 7 nitrogen and oxygen atoms in total. The van der Waals surface area contributed by atoms with E-state index in [0.29, 0.717) is 20.8 Å². The summed E-state index contributed by atoms with van der Waals surface area (Å²) in [4.78, 5) is 27.9. The molecular formula is C26H32Cl3N3O4S. The van der Waals surface area contributed by atoms with E-state index in [9.17, 15) is 18.0 Å². The maximum Gasteiger partial charge on any atom is 0.242 e. The highest BCUT2D eigenvalue weighted by Gasteiger charge is 2.29. The Morgan fingerprint density at radius 1 is 1.03 bits per heavy atom. The fraction of sp³-hybridized carbons (Fsp3) is 0.462. The summed E-state index contributed by atoms with van der Waals surface area (Å²) >= 11 is 18.2. The fourth-order valence-corrected chi connectivity index (χ4v) is 5.83. The Morgan fingerprint density at radius 2 is 1.68 bits per heavy atom. The van der Waals surface area contributed by atoms with Gasteiger partial charge in [0.25, 0.3) is 0 Å².